The van der Waals surface area contributed by atoms with Crippen LogP contribution < -0.4 is 20.1 Å². The number of amides is 1. The Labute approximate surface area is 155 Å². The molecule has 0 saturated heterocycles. The zero-order valence-electron chi connectivity index (χ0n) is 13.8. The molecule has 0 fully saturated rings. The topological polar surface area (TPSA) is 59.6 Å². The van der Waals surface area contributed by atoms with E-state index >= 15 is 0 Å². The van der Waals surface area contributed by atoms with Gasteiger partial charge >= 0.3 is 0 Å². The molecule has 0 aliphatic heterocycles. The normalized spacial score (nSPS) is 11.6. The van der Waals surface area contributed by atoms with Crippen LogP contribution in [0.25, 0.3) is 0 Å². The summed E-state index contributed by atoms with van der Waals surface area (Å²) in [6, 6.07) is 6.32. The van der Waals surface area contributed by atoms with Crippen LogP contribution in [-0.4, -0.2) is 26.2 Å². The third-order valence-electron chi connectivity index (χ3n) is 3.43. The highest BCUT2D eigenvalue weighted by atomic mass is 35.5. The third-order valence-corrected chi connectivity index (χ3v) is 4.04. The molecule has 0 saturated carbocycles. The molecule has 0 aliphatic carbocycles. The van der Waals surface area contributed by atoms with Crippen molar-refractivity contribution < 1.29 is 18.7 Å². The highest BCUT2D eigenvalue weighted by Gasteiger charge is 2.18. The fraction of sp³-hybridized carbons (Fsp3) is 0.235. The summed E-state index contributed by atoms with van der Waals surface area (Å²) in [5, 5.41) is 6.14. The molecule has 0 spiro atoms. The molecule has 0 heterocycles. The second-order valence-electron chi connectivity index (χ2n) is 5.17. The Kier molecular flexibility index (Phi) is 6.33. The molecule has 0 unspecified atom stereocenters. The van der Waals surface area contributed by atoms with Crippen LogP contribution in [0.2, 0.25) is 10.0 Å². The van der Waals surface area contributed by atoms with E-state index in [-0.39, 0.29) is 10.9 Å². The van der Waals surface area contributed by atoms with Gasteiger partial charge in [-0.1, -0.05) is 23.2 Å². The molecule has 8 heteroatoms. The van der Waals surface area contributed by atoms with E-state index in [4.69, 9.17) is 32.7 Å². The number of hydrogen-bond acceptors (Lipinski definition) is 4. The van der Waals surface area contributed by atoms with E-state index in [1.165, 1.54) is 26.4 Å². The number of carbonyl (C=O) groups excluding carboxylic acids is 1. The summed E-state index contributed by atoms with van der Waals surface area (Å²) in [6.07, 6.45) is 0. The van der Waals surface area contributed by atoms with E-state index in [0.717, 1.165) is 6.07 Å². The predicted octanol–water partition coefficient (Wildman–Crippen LogP) is 4.59. The first-order valence-electron chi connectivity index (χ1n) is 7.29. The molecule has 1 atom stereocenters. The first-order chi connectivity index (χ1) is 11.8. The quantitative estimate of drug-likeness (QED) is 0.761. The molecule has 25 heavy (non-hydrogen) atoms. The Hall–Kier alpha value is -2.18. The van der Waals surface area contributed by atoms with Gasteiger partial charge in [0, 0.05) is 6.07 Å². The number of anilines is 2. The van der Waals surface area contributed by atoms with Crippen LogP contribution in [-0.2, 0) is 4.79 Å². The Morgan fingerprint density at radius 3 is 2.32 bits per heavy atom. The average molecular weight is 387 g/mol. The van der Waals surface area contributed by atoms with Crippen molar-refractivity contribution in [2.24, 2.45) is 0 Å². The predicted molar refractivity (Wildman–Crippen MR) is 97.7 cm³/mol. The molecule has 2 N–H and O–H groups in total. The van der Waals surface area contributed by atoms with E-state index in [1.807, 2.05) is 0 Å². The first kappa shape index (κ1) is 19.1. The lowest BCUT2D eigenvalue weighted by atomic mass is 10.2. The smallest absolute Gasteiger partial charge is 0.246 e. The minimum absolute atomic E-state index is 0.116. The SMILES string of the molecule is COc1cc(OC)c(N[C@H](C)C(=O)Nc2ccc(F)cc2Cl)cc1Cl. The van der Waals surface area contributed by atoms with Crippen LogP contribution in [0.3, 0.4) is 0 Å². The molecule has 2 aromatic carbocycles. The largest absolute Gasteiger partial charge is 0.495 e. The van der Waals surface area contributed by atoms with E-state index in [9.17, 15) is 9.18 Å². The van der Waals surface area contributed by atoms with Gasteiger partial charge in [0.1, 0.15) is 23.4 Å². The second kappa shape index (κ2) is 8.27. The van der Waals surface area contributed by atoms with Crippen molar-refractivity contribution in [3.8, 4) is 11.5 Å². The van der Waals surface area contributed by atoms with Crippen molar-refractivity contribution in [2.75, 3.05) is 24.9 Å². The summed E-state index contributed by atoms with van der Waals surface area (Å²) in [4.78, 5) is 12.3. The minimum Gasteiger partial charge on any atom is -0.495 e. The Balaban J connectivity index is 2.14. The molecule has 5 nitrogen and oxygen atoms in total. The van der Waals surface area contributed by atoms with Gasteiger partial charge in [0.2, 0.25) is 5.91 Å². The molecule has 2 rings (SSSR count). The van der Waals surface area contributed by atoms with E-state index < -0.39 is 11.9 Å². The number of methoxy groups -OCH3 is 2. The van der Waals surface area contributed by atoms with Crippen LogP contribution in [0.1, 0.15) is 6.92 Å². The van der Waals surface area contributed by atoms with Crippen molar-refractivity contribution >= 4 is 40.5 Å². The molecule has 0 aliphatic rings. The summed E-state index contributed by atoms with van der Waals surface area (Å²) in [5.41, 5.74) is 0.850. The fourth-order valence-electron chi connectivity index (χ4n) is 2.10. The van der Waals surface area contributed by atoms with E-state index in [2.05, 4.69) is 10.6 Å². The molecular weight excluding hydrogens is 370 g/mol. The highest BCUT2D eigenvalue weighted by Crippen LogP contribution is 2.36. The van der Waals surface area contributed by atoms with Gasteiger partial charge in [-0.25, -0.2) is 4.39 Å². The first-order valence-corrected chi connectivity index (χ1v) is 8.05. The second-order valence-corrected chi connectivity index (χ2v) is 5.98. The number of benzene rings is 2. The number of hydrogen-bond donors (Lipinski definition) is 2. The number of ether oxygens (including phenoxy) is 2. The minimum atomic E-state index is -0.639. The van der Waals surface area contributed by atoms with Crippen LogP contribution >= 0.6 is 23.2 Å². The van der Waals surface area contributed by atoms with Gasteiger partial charge in [0.15, 0.2) is 0 Å². The summed E-state index contributed by atoms with van der Waals surface area (Å²) < 4.78 is 23.5. The Morgan fingerprint density at radius 2 is 1.72 bits per heavy atom. The lowest BCUT2D eigenvalue weighted by Gasteiger charge is -2.19. The van der Waals surface area contributed by atoms with Crippen molar-refractivity contribution in [1.82, 2.24) is 0 Å². The standard InChI is InChI=1S/C17H17Cl2FN2O3/c1-9(17(23)22-13-5-4-10(20)6-11(13)18)21-14-7-12(19)15(24-2)8-16(14)25-3/h4-9,21H,1-3H3,(H,22,23)/t9-/m1/s1. The molecule has 134 valence electrons. The highest BCUT2D eigenvalue weighted by molar-refractivity contribution is 6.33. The zero-order valence-corrected chi connectivity index (χ0v) is 15.3. The summed E-state index contributed by atoms with van der Waals surface area (Å²) >= 11 is 12.0. The number of halogens is 3. The summed E-state index contributed by atoms with van der Waals surface area (Å²) in [5.74, 6) is 0.0919. The zero-order chi connectivity index (χ0) is 18.6. The van der Waals surface area contributed by atoms with Crippen molar-refractivity contribution in [3.05, 3.63) is 46.2 Å². The van der Waals surface area contributed by atoms with Crippen LogP contribution in [0.15, 0.2) is 30.3 Å². The van der Waals surface area contributed by atoms with E-state index in [0.29, 0.717) is 27.9 Å². The van der Waals surface area contributed by atoms with Crippen molar-refractivity contribution in [3.63, 3.8) is 0 Å². The molecule has 1 amide bonds. The maximum Gasteiger partial charge on any atom is 0.246 e. The van der Waals surface area contributed by atoms with Gasteiger partial charge < -0.3 is 20.1 Å². The average Bonchev–Trinajstić information content (AvgIpc) is 2.57. The van der Waals surface area contributed by atoms with Crippen molar-refractivity contribution in [2.45, 2.75) is 13.0 Å². The van der Waals surface area contributed by atoms with Crippen LogP contribution in [0.4, 0.5) is 15.8 Å². The number of nitrogens with one attached hydrogen (secondary N) is 2. The van der Waals surface area contributed by atoms with Gasteiger partial charge in [-0.05, 0) is 31.2 Å². The maximum absolute atomic E-state index is 13.1. The van der Waals surface area contributed by atoms with E-state index in [1.54, 1.807) is 19.1 Å². The van der Waals surface area contributed by atoms with Gasteiger partial charge in [-0.3, -0.25) is 4.79 Å². The van der Waals surface area contributed by atoms with Crippen LogP contribution in [0, 0.1) is 5.82 Å². The van der Waals surface area contributed by atoms with Crippen molar-refractivity contribution in [1.29, 1.82) is 0 Å². The molecule has 0 aromatic heterocycles. The summed E-state index contributed by atoms with van der Waals surface area (Å²) in [7, 11) is 2.99. The van der Waals surface area contributed by atoms with Crippen LogP contribution in [0.5, 0.6) is 11.5 Å². The van der Waals surface area contributed by atoms with Gasteiger partial charge in [-0.2, -0.15) is 0 Å². The maximum atomic E-state index is 13.1. The number of carbonyl (C=O) groups is 1. The Bertz CT molecular complexity index is 787. The third kappa shape index (κ3) is 4.67. The molecule has 2 aromatic rings. The number of rotatable bonds is 6. The lowest BCUT2D eigenvalue weighted by Crippen LogP contribution is -2.32. The van der Waals surface area contributed by atoms with Gasteiger partial charge in [0.05, 0.1) is 35.6 Å². The molecule has 0 bridgehead atoms. The summed E-state index contributed by atoms with van der Waals surface area (Å²) in [6.45, 7) is 1.66. The van der Waals surface area contributed by atoms with Gasteiger partial charge in [0.25, 0.3) is 0 Å². The lowest BCUT2D eigenvalue weighted by molar-refractivity contribution is -0.116. The molecule has 0 radical (unpaired) electrons. The van der Waals surface area contributed by atoms with Gasteiger partial charge in [-0.15, -0.1) is 0 Å². The monoisotopic (exact) mass is 386 g/mol. The fourth-order valence-corrected chi connectivity index (χ4v) is 2.56. The molecular formula is C17H17Cl2FN2O3. The Morgan fingerprint density at radius 1 is 1.04 bits per heavy atom.